The quantitative estimate of drug-likeness (QED) is 0.156. The van der Waals surface area contributed by atoms with Crippen LogP contribution >= 0.6 is 0 Å². The fourth-order valence-corrected chi connectivity index (χ4v) is 11.1. The van der Waals surface area contributed by atoms with Crippen LogP contribution < -0.4 is 4.90 Å². The van der Waals surface area contributed by atoms with E-state index in [-0.39, 0.29) is 5.82 Å². The maximum atomic E-state index is 15.1. The van der Waals surface area contributed by atoms with E-state index >= 15 is 4.39 Å². The number of nitrogens with zero attached hydrogens (tertiary/aromatic N) is 3. The second-order valence-corrected chi connectivity index (χ2v) is 17.0. The van der Waals surface area contributed by atoms with Crippen molar-refractivity contribution in [2.75, 3.05) is 4.90 Å². The van der Waals surface area contributed by atoms with E-state index in [1.807, 2.05) is 6.07 Å². The minimum Gasteiger partial charge on any atom is -0.309 e. The van der Waals surface area contributed by atoms with E-state index in [0.717, 1.165) is 72.0 Å². The summed E-state index contributed by atoms with van der Waals surface area (Å²) in [7, 11) is 0. The van der Waals surface area contributed by atoms with Gasteiger partial charge in [0.1, 0.15) is 5.82 Å². The predicted octanol–water partition coefficient (Wildman–Crippen LogP) is 15.9. The number of hydrogen-bond acceptors (Lipinski definition) is 1. The van der Waals surface area contributed by atoms with Gasteiger partial charge in [0.2, 0.25) is 0 Å². The van der Waals surface area contributed by atoms with Gasteiger partial charge in [-0.2, -0.15) is 0 Å². The normalized spacial score (nSPS) is 12.8. The second-order valence-electron chi connectivity index (χ2n) is 17.0. The van der Waals surface area contributed by atoms with Gasteiger partial charge in [-0.05, 0) is 112 Å². The van der Waals surface area contributed by atoms with Gasteiger partial charge in [0.25, 0.3) is 0 Å². The molecule has 0 bridgehead atoms. The molecule has 13 rings (SSSR count). The average molecular weight is 834 g/mol. The van der Waals surface area contributed by atoms with Crippen molar-refractivity contribution in [1.82, 2.24) is 9.13 Å². The molecule has 0 fully saturated rings. The zero-order chi connectivity index (χ0) is 43.1. The van der Waals surface area contributed by atoms with Crippen LogP contribution in [0.15, 0.2) is 243 Å². The minimum atomic E-state index is -0.592. The van der Waals surface area contributed by atoms with Gasteiger partial charge >= 0.3 is 0 Å². The first-order valence-electron chi connectivity index (χ1n) is 22.2. The molecule has 0 saturated carbocycles. The van der Waals surface area contributed by atoms with Gasteiger partial charge in [0.15, 0.2) is 0 Å². The van der Waals surface area contributed by atoms with Crippen LogP contribution in [0.4, 0.5) is 21.5 Å². The van der Waals surface area contributed by atoms with Crippen LogP contribution in [-0.2, 0) is 5.41 Å². The molecule has 306 valence electrons. The summed E-state index contributed by atoms with van der Waals surface area (Å²) in [6, 6.07) is 86.1. The molecule has 1 aliphatic rings. The molecule has 1 aliphatic carbocycles. The Bertz CT molecular complexity index is 3750. The van der Waals surface area contributed by atoms with Crippen molar-refractivity contribution in [1.29, 1.82) is 0 Å². The van der Waals surface area contributed by atoms with Gasteiger partial charge < -0.3 is 14.0 Å². The summed E-state index contributed by atoms with van der Waals surface area (Å²) in [5.41, 5.74) is 16.1. The van der Waals surface area contributed by atoms with E-state index in [9.17, 15) is 0 Å². The molecule has 0 amide bonds. The maximum absolute atomic E-state index is 15.1. The Morgan fingerprint density at radius 1 is 0.354 bits per heavy atom. The van der Waals surface area contributed by atoms with Crippen LogP contribution in [0.1, 0.15) is 22.3 Å². The Morgan fingerprint density at radius 2 is 0.831 bits per heavy atom. The summed E-state index contributed by atoms with van der Waals surface area (Å²) in [6.07, 6.45) is 0. The summed E-state index contributed by atoms with van der Waals surface area (Å²) < 4.78 is 19.7. The molecule has 0 radical (unpaired) electrons. The van der Waals surface area contributed by atoms with E-state index in [1.165, 1.54) is 39.4 Å². The SMILES string of the molecule is Fc1cccc(-n2c3ccccc3c3c(N(c4ccc5c(c4)C(c4ccccc4)(c4ccccc4)c4ccccc4-5)c4cccc5c4c4ccccc4n5-c4ccccc4)cccc32)c1. The van der Waals surface area contributed by atoms with Gasteiger partial charge in [-0.15, -0.1) is 0 Å². The number of aromatic nitrogens is 2. The van der Waals surface area contributed by atoms with Gasteiger partial charge in [-0.3, -0.25) is 0 Å². The lowest BCUT2D eigenvalue weighted by molar-refractivity contribution is 0.627. The number of benzene rings is 10. The van der Waals surface area contributed by atoms with Crippen LogP contribution in [-0.4, -0.2) is 9.13 Å². The highest BCUT2D eigenvalue weighted by atomic mass is 19.1. The van der Waals surface area contributed by atoms with Crippen molar-refractivity contribution < 1.29 is 4.39 Å². The lowest BCUT2D eigenvalue weighted by Gasteiger charge is -2.35. The van der Waals surface area contributed by atoms with Crippen LogP contribution in [0, 0.1) is 5.82 Å². The first-order chi connectivity index (χ1) is 32.2. The fraction of sp³-hybridized carbons (Fsp3) is 0.0164. The highest BCUT2D eigenvalue weighted by Gasteiger charge is 2.46. The zero-order valence-electron chi connectivity index (χ0n) is 35.3. The largest absolute Gasteiger partial charge is 0.309 e. The monoisotopic (exact) mass is 833 g/mol. The van der Waals surface area contributed by atoms with Gasteiger partial charge in [-0.1, -0.05) is 164 Å². The molecule has 0 N–H and O–H groups in total. The summed E-state index contributed by atoms with van der Waals surface area (Å²) in [5, 5.41) is 4.48. The van der Waals surface area contributed by atoms with Gasteiger partial charge in [0.05, 0.1) is 38.9 Å². The summed E-state index contributed by atoms with van der Waals surface area (Å²) in [6.45, 7) is 0. The average Bonchev–Trinajstić information content (AvgIpc) is 4.00. The third kappa shape index (κ3) is 5.41. The summed E-state index contributed by atoms with van der Waals surface area (Å²) in [5.74, 6) is -0.271. The van der Waals surface area contributed by atoms with E-state index < -0.39 is 5.41 Å². The summed E-state index contributed by atoms with van der Waals surface area (Å²) >= 11 is 0. The Balaban J connectivity index is 1.17. The minimum absolute atomic E-state index is 0.271. The smallest absolute Gasteiger partial charge is 0.125 e. The number of halogens is 1. The first-order valence-corrected chi connectivity index (χ1v) is 22.2. The number of anilines is 3. The molecular formula is C61H40FN3. The molecule has 0 spiro atoms. The molecule has 2 heterocycles. The van der Waals surface area contributed by atoms with Crippen molar-refractivity contribution in [3.05, 3.63) is 271 Å². The third-order valence-electron chi connectivity index (χ3n) is 13.6. The Morgan fingerprint density at radius 3 is 1.45 bits per heavy atom. The molecule has 0 saturated heterocycles. The molecule has 10 aromatic carbocycles. The third-order valence-corrected chi connectivity index (χ3v) is 13.6. The topological polar surface area (TPSA) is 13.1 Å². The lowest BCUT2D eigenvalue weighted by Crippen LogP contribution is -2.28. The number of para-hydroxylation sites is 3. The van der Waals surface area contributed by atoms with Gasteiger partial charge in [0, 0.05) is 38.6 Å². The molecule has 0 unspecified atom stereocenters. The molecule has 4 heteroatoms. The molecule has 0 atom stereocenters. The molecular weight excluding hydrogens is 794 g/mol. The fourth-order valence-electron chi connectivity index (χ4n) is 11.1. The Hall–Kier alpha value is -8.47. The van der Waals surface area contributed by atoms with Crippen molar-refractivity contribution in [3.8, 4) is 22.5 Å². The van der Waals surface area contributed by atoms with Crippen LogP contribution in [0.3, 0.4) is 0 Å². The second kappa shape index (κ2) is 14.5. The molecule has 0 aliphatic heterocycles. The Kier molecular flexibility index (Phi) is 8.31. The van der Waals surface area contributed by atoms with Crippen molar-refractivity contribution in [2.45, 2.75) is 5.41 Å². The molecule has 3 nitrogen and oxygen atoms in total. The van der Waals surface area contributed by atoms with Crippen molar-refractivity contribution in [2.24, 2.45) is 0 Å². The number of fused-ring (bicyclic) bond motifs is 9. The summed E-state index contributed by atoms with van der Waals surface area (Å²) in [4.78, 5) is 2.48. The van der Waals surface area contributed by atoms with E-state index in [2.05, 4.69) is 232 Å². The zero-order valence-corrected chi connectivity index (χ0v) is 35.3. The lowest BCUT2D eigenvalue weighted by atomic mass is 9.67. The van der Waals surface area contributed by atoms with E-state index in [4.69, 9.17) is 0 Å². The number of hydrogen-bond donors (Lipinski definition) is 0. The molecule has 2 aromatic heterocycles. The standard InChI is InChI=1S/C61H40FN3/c62-43-23-16-26-45(39-43)64-54-32-15-12-29-50(54)60-56(64)34-18-36-58(60)65(57-35-17-33-55-59(57)49-28-11-14-31-53(49)63(55)44-24-8-3-9-25-44)46-37-38-48-47-27-10-13-30-51(47)61(52(48)40-46,41-19-4-1-5-20-41)42-21-6-2-7-22-42/h1-40H. The van der Waals surface area contributed by atoms with Crippen LogP contribution in [0.2, 0.25) is 0 Å². The van der Waals surface area contributed by atoms with Crippen molar-refractivity contribution in [3.63, 3.8) is 0 Å². The van der Waals surface area contributed by atoms with Crippen molar-refractivity contribution >= 4 is 60.7 Å². The van der Waals surface area contributed by atoms with Crippen LogP contribution in [0.25, 0.3) is 66.1 Å². The van der Waals surface area contributed by atoms with E-state index in [0.29, 0.717) is 0 Å². The highest BCUT2D eigenvalue weighted by Crippen LogP contribution is 2.58. The highest BCUT2D eigenvalue weighted by molar-refractivity contribution is 6.20. The van der Waals surface area contributed by atoms with Gasteiger partial charge in [-0.25, -0.2) is 4.39 Å². The number of rotatable bonds is 7. The maximum Gasteiger partial charge on any atom is 0.125 e. The van der Waals surface area contributed by atoms with Crippen LogP contribution in [0.5, 0.6) is 0 Å². The Labute approximate surface area is 376 Å². The van der Waals surface area contributed by atoms with E-state index in [1.54, 1.807) is 12.1 Å². The predicted molar refractivity (Wildman–Crippen MR) is 267 cm³/mol. The first kappa shape index (κ1) is 37.1. The molecule has 12 aromatic rings. The molecule has 65 heavy (non-hydrogen) atoms.